The summed E-state index contributed by atoms with van der Waals surface area (Å²) in [7, 11) is -2.82. The molecule has 1 unspecified atom stereocenters. The Morgan fingerprint density at radius 2 is 1.93 bits per heavy atom. The van der Waals surface area contributed by atoms with Crippen molar-refractivity contribution in [3.05, 3.63) is 80.9 Å². The molecule has 3 heterocycles. The highest BCUT2D eigenvalue weighted by atomic mass is 32.2. The first-order chi connectivity index (χ1) is 14.5. The third kappa shape index (κ3) is 4.73. The number of thiophene rings is 1. The molecule has 2 N–H and O–H groups in total. The second kappa shape index (κ2) is 9.00. The Kier molecular flexibility index (Phi) is 6.18. The Morgan fingerprint density at radius 1 is 1.10 bits per heavy atom. The number of nitrogens with zero attached hydrogens (tertiary/aromatic N) is 2. The van der Waals surface area contributed by atoms with Crippen LogP contribution in [0.2, 0.25) is 0 Å². The molecule has 1 aromatic carbocycles. The van der Waals surface area contributed by atoms with Crippen molar-refractivity contribution in [3.63, 3.8) is 0 Å². The van der Waals surface area contributed by atoms with Crippen LogP contribution in [0.3, 0.4) is 0 Å². The molecular formula is C20H18N4O3S3. The molecule has 7 nitrogen and oxygen atoms in total. The van der Waals surface area contributed by atoms with Gasteiger partial charge in [-0.05, 0) is 36.1 Å². The van der Waals surface area contributed by atoms with Crippen molar-refractivity contribution in [2.45, 2.75) is 19.5 Å². The summed E-state index contributed by atoms with van der Waals surface area (Å²) in [4.78, 5) is 22.6. The topological polar surface area (TPSA) is 101 Å². The maximum Gasteiger partial charge on any atom is 0.270 e. The van der Waals surface area contributed by atoms with Gasteiger partial charge in [-0.1, -0.05) is 24.3 Å². The minimum absolute atomic E-state index is 0.265. The number of nitrogens with one attached hydrogen (secondary N) is 2. The van der Waals surface area contributed by atoms with Gasteiger partial charge in [0, 0.05) is 26.8 Å². The van der Waals surface area contributed by atoms with Crippen LogP contribution >= 0.6 is 22.7 Å². The zero-order valence-electron chi connectivity index (χ0n) is 15.9. The average molecular weight is 459 g/mol. The van der Waals surface area contributed by atoms with E-state index in [1.165, 1.54) is 28.9 Å². The number of carbonyl (C=O) groups excluding carboxylic acids is 1. The van der Waals surface area contributed by atoms with E-state index in [1.807, 2.05) is 37.3 Å². The van der Waals surface area contributed by atoms with Crippen molar-refractivity contribution < 1.29 is 13.2 Å². The normalized spacial score (nSPS) is 12.3. The monoisotopic (exact) mass is 458 g/mol. The summed E-state index contributed by atoms with van der Waals surface area (Å²) in [6.07, 6.45) is 3.27. The summed E-state index contributed by atoms with van der Waals surface area (Å²) in [5.74, 6) is -0.297. The number of thiol groups is 1. The van der Waals surface area contributed by atoms with Crippen molar-refractivity contribution >= 4 is 49.6 Å². The lowest BCUT2D eigenvalue weighted by molar-refractivity contribution is 0.0946. The van der Waals surface area contributed by atoms with E-state index in [0.29, 0.717) is 12.1 Å². The number of thiazole rings is 1. The Morgan fingerprint density at radius 3 is 2.60 bits per heavy atom. The number of rotatable bonds is 7. The van der Waals surface area contributed by atoms with E-state index in [4.69, 9.17) is 0 Å². The summed E-state index contributed by atoms with van der Waals surface area (Å²) < 4.78 is 26.5. The fourth-order valence-corrected chi connectivity index (χ4v) is 5.47. The molecule has 0 radical (unpaired) electrons. The lowest BCUT2D eigenvalue weighted by atomic mass is 10.1. The SMILES string of the molecule is Cc1ncc(CNC(=O)c2ccc(C(N[SH](=O)=O)c3cc4ccccc4s3)cn2)s1. The van der Waals surface area contributed by atoms with E-state index < -0.39 is 16.9 Å². The molecule has 0 spiro atoms. The van der Waals surface area contributed by atoms with E-state index in [-0.39, 0.29) is 11.6 Å². The van der Waals surface area contributed by atoms with E-state index in [9.17, 15) is 13.2 Å². The van der Waals surface area contributed by atoms with Gasteiger partial charge in [0.1, 0.15) is 5.69 Å². The van der Waals surface area contributed by atoms with Gasteiger partial charge in [0.25, 0.3) is 5.91 Å². The molecule has 1 atom stereocenters. The minimum atomic E-state index is -2.82. The summed E-state index contributed by atoms with van der Waals surface area (Å²) >= 11 is 3.04. The maximum absolute atomic E-state index is 12.4. The van der Waals surface area contributed by atoms with Gasteiger partial charge in [-0.15, -0.1) is 22.7 Å². The Bertz CT molecular complexity index is 1220. The number of carbonyl (C=O) groups is 1. The third-order valence-corrected chi connectivity index (χ3v) is 6.97. The van der Waals surface area contributed by atoms with Crippen LogP contribution in [0.25, 0.3) is 10.1 Å². The van der Waals surface area contributed by atoms with Crippen molar-refractivity contribution in [1.29, 1.82) is 0 Å². The van der Waals surface area contributed by atoms with Gasteiger partial charge < -0.3 is 5.32 Å². The molecule has 0 saturated heterocycles. The zero-order chi connectivity index (χ0) is 21.1. The molecule has 30 heavy (non-hydrogen) atoms. The second-order valence-corrected chi connectivity index (χ2v) is 9.72. The average Bonchev–Trinajstić information content (AvgIpc) is 3.36. The Hall–Kier alpha value is -2.66. The van der Waals surface area contributed by atoms with Crippen LogP contribution in [-0.2, 0) is 17.4 Å². The number of amides is 1. The van der Waals surface area contributed by atoms with Crippen LogP contribution in [0.1, 0.15) is 36.9 Å². The van der Waals surface area contributed by atoms with Crippen LogP contribution in [-0.4, -0.2) is 24.3 Å². The summed E-state index contributed by atoms with van der Waals surface area (Å²) in [6, 6.07) is 12.6. The highest BCUT2D eigenvalue weighted by molar-refractivity contribution is 7.70. The fraction of sp³-hybridized carbons (Fsp3) is 0.150. The molecular weight excluding hydrogens is 440 g/mol. The molecule has 4 aromatic rings. The number of hydrogen-bond donors (Lipinski definition) is 3. The van der Waals surface area contributed by atoms with Crippen molar-refractivity contribution in [2.75, 3.05) is 0 Å². The smallest absolute Gasteiger partial charge is 0.270 e. The quantitative estimate of drug-likeness (QED) is 0.369. The Balaban J connectivity index is 1.53. The molecule has 10 heteroatoms. The minimum Gasteiger partial charge on any atom is -0.346 e. The van der Waals surface area contributed by atoms with Gasteiger partial charge in [0.05, 0.1) is 17.6 Å². The summed E-state index contributed by atoms with van der Waals surface area (Å²) in [6.45, 7) is 2.30. The van der Waals surface area contributed by atoms with E-state index >= 15 is 0 Å². The summed E-state index contributed by atoms with van der Waals surface area (Å²) in [5.41, 5.74) is 0.928. The number of fused-ring (bicyclic) bond motifs is 1. The van der Waals surface area contributed by atoms with Crippen molar-refractivity contribution in [2.24, 2.45) is 0 Å². The second-order valence-electron chi connectivity index (χ2n) is 6.51. The van der Waals surface area contributed by atoms with Crippen LogP contribution < -0.4 is 10.0 Å². The van der Waals surface area contributed by atoms with Gasteiger partial charge in [0.2, 0.25) is 10.9 Å². The molecule has 0 bridgehead atoms. The molecule has 0 aliphatic heterocycles. The molecule has 0 aliphatic rings. The number of benzene rings is 1. The predicted octanol–water partition coefficient (Wildman–Crippen LogP) is 3.20. The van der Waals surface area contributed by atoms with Crippen LogP contribution in [0.5, 0.6) is 0 Å². The van der Waals surface area contributed by atoms with Crippen LogP contribution in [0.15, 0.2) is 54.9 Å². The van der Waals surface area contributed by atoms with Gasteiger partial charge in [-0.25, -0.2) is 18.1 Å². The first-order valence-corrected chi connectivity index (χ1v) is 11.8. The highest BCUT2D eigenvalue weighted by Gasteiger charge is 2.19. The van der Waals surface area contributed by atoms with Crippen LogP contribution in [0, 0.1) is 6.92 Å². The van der Waals surface area contributed by atoms with E-state index in [1.54, 1.807) is 18.3 Å². The predicted molar refractivity (Wildman–Crippen MR) is 119 cm³/mol. The standard InChI is InChI=1S/C20H18N4O3S3/c1-12-21-10-15(28-12)11-23-20(25)16-7-6-14(9-22-16)19(24-30(26)27)18-8-13-4-2-3-5-17(13)29-18/h2-10,19,30H,11H2,1H3,(H,23,25)(H,24,26,27). The number of aryl methyl sites for hydroxylation is 1. The van der Waals surface area contributed by atoms with Crippen molar-refractivity contribution in [1.82, 2.24) is 20.0 Å². The lowest BCUT2D eigenvalue weighted by Crippen LogP contribution is -2.24. The zero-order valence-corrected chi connectivity index (χ0v) is 18.4. The van der Waals surface area contributed by atoms with E-state index in [2.05, 4.69) is 20.0 Å². The first kappa shape index (κ1) is 20.6. The fourth-order valence-electron chi connectivity index (χ4n) is 3.01. The van der Waals surface area contributed by atoms with Crippen molar-refractivity contribution in [3.8, 4) is 0 Å². The molecule has 3 aromatic heterocycles. The highest BCUT2D eigenvalue weighted by Crippen LogP contribution is 2.33. The van der Waals surface area contributed by atoms with Gasteiger partial charge in [-0.3, -0.25) is 9.78 Å². The first-order valence-electron chi connectivity index (χ1n) is 9.04. The molecule has 1 amide bonds. The Labute approximate surface area is 182 Å². The lowest BCUT2D eigenvalue weighted by Gasteiger charge is -2.14. The third-order valence-electron chi connectivity index (χ3n) is 4.41. The maximum atomic E-state index is 12.4. The largest absolute Gasteiger partial charge is 0.346 e. The molecule has 0 saturated carbocycles. The van der Waals surface area contributed by atoms with Crippen LogP contribution in [0.4, 0.5) is 0 Å². The number of pyridine rings is 1. The number of aromatic nitrogens is 2. The summed E-state index contributed by atoms with van der Waals surface area (Å²) in [5, 5.41) is 4.81. The van der Waals surface area contributed by atoms with Gasteiger partial charge in [0.15, 0.2) is 0 Å². The van der Waals surface area contributed by atoms with Gasteiger partial charge >= 0.3 is 0 Å². The molecule has 4 rings (SSSR count). The number of hydrogen-bond acceptors (Lipinski definition) is 7. The van der Waals surface area contributed by atoms with E-state index in [0.717, 1.165) is 24.8 Å². The molecule has 154 valence electrons. The van der Waals surface area contributed by atoms with Gasteiger partial charge in [-0.2, -0.15) is 0 Å². The molecule has 0 aliphatic carbocycles. The molecule has 0 fully saturated rings.